The lowest BCUT2D eigenvalue weighted by Gasteiger charge is -2.01. The Hall–Kier alpha value is -0.980. The van der Waals surface area contributed by atoms with Gasteiger partial charge in [-0.2, -0.15) is 0 Å². The molecule has 1 heteroatoms. The molecular weight excluding hydrogens is 146 g/mol. The molecule has 0 heterocycles. The molecular formula is C11H19N. The molecule has 0 bridgehead atoms. The molecule has 0 aliphatic heterocycles. The first-order valence-corrected chi connectivity index (χ1v) is 4.51. The minimum Gasteiger partial charge on any atom is -0.389 e. The van der Waals surface area contributed by atoms with E-state index in [1.807, 2.05) is 31.2 Å². The van der Waals surface area contributed by atoms with Crippen molar-refractivity contribution < 1.29 is 0 Å². The fourth-order valence-electron chi connectivity index (χ4n) is 0.756. The Morgan fingerprint density at radius 1 is 1.25 bits per heavy atom. The van der Waals surface area contributed by atoms with Crippen LogP contribution in [0.3, 0.4) is 0 Å². The van der Waals surface area contributed by atoms with Gasteiger partial charge in [0.1, 0.15) is 0 Å². The first kappa shape index (κ1) is 11.0. The molecule has 1 N–H and O–H groups in total. The van der Waals surface area contributed by atoms with Crippen LogP contribution < -0.4 is 5.32 Å². The van der Waals surface area contributed by atoms with E-state index in [4.69, 9.17) is 0 Å². The van der Waals surface area contributed by atoms with Crippen LogP contribution in [0.15, 0.2) is 36.1 Å². The zero-order valence-electron chi connectivity index (χ0n) is 8.30. The normalized spacial score (nSPS) is 13.1. The van der Waals surface area contributed by atoms with Gasteiger partial charge >= 0.3 is 0 Å². The van der Waals surface area contributed by atoms with Crippen LogP contribution >= 0.6 is 0 Å². The molecule has 0 atom stereocenters. The van der Waals surface area contributed by atoms with Crippen LogP contribution in [-0.4, -0.2) is 6.54 Å². The zero-order chi connectivity index (χ0) is 9.23. The van der Waals surface area contributed by atoms with Crippen molar-refractivity contribution in [3.8, 4) is 0 Å². The van der Waals surface area contributed by atoms with Gasteiger partial charge in [-0.25, -0.2) is 0 Å². The maximum Gasteiger partial charge on any atom is 0.0141 e. The third kappa shape index (κ3) is 7.13. The maximum atomic E-state index is 3.29. The average Bonchev–Trinajstić information content (AvgIpc) is 2.09. The van der Waals surface area contributed by atoms with Crippen molar-refractivity contribution in [3.05, 3.63) is 36.1 Å². The van der Waals surface area contributed by atoms with Crippen LogP contribution in [0.2, 0.25) is 0 Å². The first-order chi connectivity index (χ1) is 5.81. The van der Waals surface area contributed by atoms with Crippen molar-refractivity contribution in [2.45, 2.75) is 27.2 Å². The van der Waals surface area contributed by atoms with Crippen molar-refractivity contribution in [1.82, 2.24) is 5.32 Å². The molecule has 0 aromatic carbocycles. The Morgan fingerprint density at radius 3 is 2.58 bits per heavy atom. The molecule has 0 saturated carbocycles. The summed E-state index contributed by atoms with van der Waals surface area (Å²) in [4.78, 5) is 0. The standard InChI is InChI=1S/C11H19N/c1-4-6-7-8-9-11(3)12-10-5-2/h4,6-9,12H,5,10H2,1-3H3/b6-4-,8-7-,11-9+. The largest absolute Gasteiger partial charge is 0.389 e. The summed E-state index contributed by atoms with van der Waals surface area (Å²) in [5, 5.41) is 3.29. The van der Waals surface area contributed by atoms with Crippen molar-refractivity contribution in [1.29, 1.82) is 0 Å². The highest BCUT2D eigenvalue weighted by Crippen LogP contribution is 1.88. The summed E-state index contributed by atoms with van der Waals surface area (Å²) in [6.45, 7) is 7.31. The van der Waals surface area contributed by atoms with Crippen molar-refractivity contribution in [2.75, 3.05) is 6.54 Å². The summed E-state index contributed by atoms with van der Waals surface area (Å²) in [5.74, 6) is 0. The Bertz CT molecular complexity index is 175. The number of hydrogen-bond donors (Lipinski definition) is 1. The van der Waals surface area contributed by atoms with Gasteiger partial charge in [-0.3, -0.25) is 0 Å². The van der Waals surface area contributed by atoms with E-state index in [-0.39, 0.29) is 0 Å². The zero-order valence-corrected chi connectivity index (χ0v) is 8.30. The van der Waals surface area contributed by atoms with E-state index in [1.165, 1.54) is 12.1 Å². The van der Waals surface area contributed by atoms with Gasteiger partial charge in [0.05, 0.1) is 0 Å². The fourth-order valence-corrected chi connectivity index (χ4v) is 0.756. The van der Waals surface area contributed by atoms with Gasteiger partial charge < -0.3 is 5.32 Å². The SMILES string of the molecule is C\C=C/C=C\C=C(/C)NCCC. The highest BCUT2D eigenvalue weighted by atomic mass is 14.9. The molecule has 0 amide bonds. The third-order valence-corrected chi connectivity index (χ3v) is 1.41. The van der Waals surface area contributed by atoms with Crippen LogP contribution in [-0.2, 0) is 0 Å². The summed E-state index contributed by atoms with van der Waals surface area (Å²) in [6, 6.07) is 0. The van der Waals surface area contributed by atoms with E-state index in [2.05, 4.69) is 25.2 Å². The van der Waals surface area contributed by atoms with Crippen LogP contribution in [0.4, 0.5) is 0 Å². The molecule has 0 rings (SSSR count). The molecule has 0 saturated heterocycles. The molecule has 68 valence electrons. The van der Waals surface area contributed by atoms with Crippen molar-refractivity contribution >= 4 is 0 Å². The lowest BCUT2D eigenvalue weighted by atomic mass is 10.3. The average molecular weight is 165 g/mol. The number of nitrogens with one attached hydrogen (secondary N) is 1. The highest BCUT2D eigenvalue weighted by Gasteiger charge is 1.81. The predicted octanol–water partition coefficient (Wildman–Crippen LogP) is 3.02. The monoisotopic (exact) mass is 165 g/mol. The summed E-state index contributed by atoms with van der Waals surface area (Å²) in [5.41, 5.74) is 1.22. The van der Waals surface area contributed by atoms with Crippen molar-refractivity contribution in [2.24, 2.45) is 0 Å². The molecule has 0 unspecified atom stereocenters. The Kier molecular flexibility index (Phi) is 7.46. The van der Waals surface area contributed by atoms with Gasteiger partial charge in [0, 0.05) is 12.2 Å². The van der Waals surface area contributed by atoms with E-state index in [0.29, 0.717) is 0 Å². The van der Waals surface area contributed by atoms with E-state index in [0.717, 1.165) is 6.54 Å². The van der Waals surface area contributed by atoms with E-state index >= 15 is 0 Å². The molecule has 1 nitrogen and oxygen atoms in total. The quantitative estimate of drug-likeness (QED) is 0.617. The fraction of sp³-hybridized carbons (Fsp3) is 0.455. The molecule has 12 heavy (non-hydrogen) atoms. The van der Waals surface area contributed by atoms with Crippen LogP contribution in [0, 0.1) is 0 Å². The van der Waals surface area contributed by atoms with Gasteiger partial charge in [0.25, 0.3) is 0 Å². The smallest absolute Gasteiger partial charge is 0.0141 e. The third-order valence-electron chi connectivity index (χ3n) is 1.41. The van der Waals surface area contributed by atoms with Gasteiger partial charge in [-0.05, 0) is 26.3 Å². The second-order valence-electron chi connectivity index (χ2n) is 2.69. The summed E-state index contributed by atoms with van der Waals surface area (Å²) in [7, 11) is 0. The van der Waals surface area contributed by atoms with E-state index < -0.39 is 0 Å². The first-order valence-electron chi connectivity index (χ1n) is 4.51. The van der Waals surface area contributed by atoms with E-state index in [1.54, 1.807) is 0 Å². The van der Waals surface area contributed by atoms with Crippen LogP contribution in [0.1, 0.15) is 27.2 Å². The summed E-state index contributed by atoms with van der Waals surface area (Å²) >= 11 is 0. The molecule has 0 aliphatic carbocycles. The lowest BCUT2D eigenvalue weighted by Crippen LogP contribution is -2.10. The molecule has 0 spiro atoms. The second-order valence-corrected chi connectivity index (χ2v) is 2.69. The predicted molar refractivity (Wildman–Crippen MR) is 56.0 cm³/mol. The lowest BCUT2D eigenvalue weighted by molar-refractivity contribution is 0.770. The van der Waals surface area contributed by atoms with Crippen molar-refractivity contribution in [3.63, 3.8) is 0 Å². The maximum absolute atomic E-state index is 3.29. The highest BCUT2D eigenvalue weighted by molar-refractivity contribution is 5.14. The van der Waals surface area contributed by atoms with Gasteiger partial charge in [-0.1, -0.05) is 31.2 Å². The van der Waals surface area contributed by atoms with E-state index in [9.17, 15) is 0 Å². The van der Waals surface area contributed by atoms with Crippen LogP contribution in [0.25, 0.3) is 0 Å². The van der Waals surface area contributed by atoms with Gasteiger partial charge in [0.15, 0.2) is 0 Å². The molecule has 0 aromatic rings. The number of rotatable bonds is 5. The Balaban J connectivity index is 3.67. The molecule has 0 fully saturated rings. The topological polar surface area (TPSA) is 12.0 Å². The Morgan fingerprint density at radius 2 is 2.00 bits per heavy atom. The number of hydrogen-bond acceptors (Lipinski definition) is 1. The minimum absolute atomic E-state index is 1.06. The number of allylic oxidation sites excluding steroid dienone is 6. The Labute approximate surface area is 75.9 Å². The second kappa shape index (κ2) is 8.12. The molecule has 0 aliphatic rings. The minimum atomic E-state index is 1.06. The summed E-state index contributed by atoms with van der Waals surface area (Å²) < 4.78 is 0. The molecule has 0 aromatic heterocycles. The van der Waals surface area contributed by atoms with Gasteiger partial charge in [-0.15, -0.1) is 0 Å². The van der Waals surface area contributed by atoms with Crippen LogP contribution in [0.5, 0.6) is 0 Å². The van der Waals surface area contributed by atoms with Gasteiger partial charge in [0.2, 0.25) is 0 Å². The molecule has 0 radical (unpaired) electrons. The summed E-state index contributed by atoms with van der Waals surface area (Å²) in [6.07, 6.45) is 11.3.